The van der Waals surface area contributed by atoms with Crippen LogP contribution in [0.3, 0.4) is 0 Å². The van der Waals surface area contributed by atoms with E-state index in [9.17, 15) is 0 Å². The average molecular weight is 404 g/mol. The summed E-state index contributed by atoms with van der Waals surface area (Å²) in [5.41, 5.74) is 7.68. The van der Waals surface area contributed by atoms with Gasteiger partial charge in [0.25, 0.3) is 0 Å². The zero-order chi connectivity index (χ0) is 20.6. The molecule has 0 amide bonds. The van der Waals surface area contributed by atoms with E-state index >= 15 is 0 Å². The molecule has 5 aromatic rings. The molecule has 1 aliphatic rings. The van der Waals surface area contributed by atoms with E-state index in [4.69, 9.17) is 9.40 Å². The van der Waals surface area contributed by atoms with Crippen molar-refractivity contribution in [2.45, 2.75) is 32.1 Å². The highest BCUT2D eigenvalue weighted by atomic mass is 16.3. The first-order chi connectivity index (χ1) is 15.3. The molecule has 2 heterocycles. The number of hydrogen-bond acceptors (Lipinski definition) is 2. The van der Waals surface area contributed by atoms with Gasteiger partial charge in [0, 0.05) is 22.5 Å². The van der Waals surface area contributed by atoms with Crippen LogP contribution >= 0.6 is 0 Å². The fourth-order valence-electron chi connectivity index (χ4n) is 5.11. The summed E-state index contributed by atoms with van der Waals surface area (Å²) < 4.78 is 6.43. The standard InChI is InChI=1S/C29H25NO/c1-2-9-22(10-3-1)23-13-14-24-25-11-6-12-26(29(25)31-28(24)19-23)27-18-21(15-16-30-27)17-20-7-4-5-8-20/h1-3,6,9-16,18-20H,4-5,7-8,17H2. The van der Waals surface area contributed by atoms with Crippen LogP contribution in [0.2, 0.25) is 0 Å². The number of para-hydroxylation sites is 1. The second-order valence-corrected chi connectivity index (χ2v) is 8.77. The third-order valence-electron chi connectivity index (χ3n) is 6.71. The van der Waals surface area contributed by atoms with Gasteiger partial charge in [-0.05, 0) is 59.4 Å². The van der Waals surface area contributed by atoms with Crippen molar-refractivity contribution < 1.29 is 4.42 Å². The number of hydrogen-bond donors (Lipinski definition) is 0. The topological polar surface area (TPSA) is 26.0 Å². The summed E-state index contributed by atoms with van der Waals surface area (Å²) in [4.78, 5) is 4.71. The fraction of sp³-hybridized carbons (Fsp3) is 0.207. The van der Waals surface area contributed by atoms with Gasteiger partial charge in [0.15, 0.2) is 0 Å². The molecule has 0 radical (unpaired) electrons. The lowest BCUT2D eigenvalue weighted by Crippen LogP contribution is -1.99. The highest BCUT2D eigenvalue weighted by molar-refractivity contribution is 6.10. The summed E-state index contributed by atoms with van der Waals surface area (Å²) in [5, 5.41) is 2.30. The maximum absolute atomic E-state index is 6.43. The van der Waals surface area contributed by atoms with Gasteiger partial charge in [0.1, 0.15) is 11.2 Å². The van der Waals surface area contributed by atoms with Crippen LogP contribution in [0, 0.1) is 5.92 Å². The molecule has 0 atom stereocenters. The summed E-state index contributed by atoms with van der Waals surface area (Å²) in [6, 6.07) is 27.8. The van der Waals surface area contributed by atoms with Gasteiger partial charge in [0.05, 0.1) is 5.69 Å². The third kappa shape index (κ3) is 3.42. The number of benzene rings is 3. The molecule has 3 aromatic carbocycles. The molecule has 0 N–H and O–H groups in total. The second kappa shape index (κ2) is 7.70. The number of pyridine rings is 1. The molecule has 0 bridgehead atoms. The number of furan rings is 1. The van der Waals surface area contributed by atoms with Crippen molar-refractivity contribution in [2.24, 2.45) is 5.92 Å². The van der Waals surface area contributed by atoms with Gasteiger partial charge >= 0.3 is 0 Å². The van der Waals surface area contributed by atoms with Crippen molar-refractivity contribution >= 4 is 21.9 Å². The Morgan fingerprint density at radius 1 is 0.774 bits per heavy atom. The molecule has 6 rings (SSSR count). The molecule has 2 aromatic heterocycles. The van der Waals surface area contributed by atoms with E-state index in [-0.39, 0.29) is 0 Å². The monoisotopic (exact) mass is 403 g/mol. The second-order valence-electron chi connectivity index (χ2n) is 8.77. The van der Waals surface area contributed by atoms with E-state index in [0.717, 1.165) is 45.5 Å². The van der Waals surface area contributed by atoms with Gasteiger partial charge in [-0.25, -0.2) is 0 Å². The number of fused-ring (bicyclic) bond motifs is 3. The van der Waals surface area contributed by atoms with E-state index in [1.807, 2.05) is 12.3 Å². The Morgan fingerprint density at radius 3 is 2.52 bits per heavy atom. The molecule has 2 nitrogen and oxygen atoms in total. The van der Waals surface area contributed by atoms with E-state index in [1.54, 1.807) is 0 Å². The van der Waals surface area contributed by atoms with E-state index in [2.05, 4.69) is 72.8 Å². The third-order valence-corrected chi connectivity index (χ3v) is 6.71. The summed E-state index contributed by atoms with van der Waals surface area (Å²) >= 11 is 0. The summed E-state index contributed by atoms with van der Waals surface area (Å²) in [6.45, 7) is 0. The van der Waals surface area contributed by atoms with Crippen LogP contribution in [0.25, 0.3) is 44.3 Å². The fourth-order valence-corrected chi connectivity index (χ4v) is 5.11. The van der Waals surface area contributed by atoms with Crippen molar-refractivity contribution in [1.82, 2.24) is 4.98 Å². The van der Waals surface area contributed by atoms with Gasteiger partial charge in [-0.15, -0.1) is 0 Å². The molecular formula is C29H25NO. The molecular weight excluding hydrogens is 378 g/mol. The first kappa shape index (κ1) is 18.4. The summed E-state index contributed by atoms with van der Waals surface area (Å²) in [5.74, 6) is 0.827. The Balaban J connectivity index is 1.44. The molecule has 0 unspecified atom stereocenters. The number of aromatic nitrogens is 1. The van der Waals surface area contributed by atoms with Gasteiger partial charge in [-0.2, -0.15) is 0 Å². The average Bonchev–Trinajstić information content (AvgIpc) is 3.46. The van der Waals surface area contributed by atoms with Crippen LogP contribution in [0.4, 0.5) is 0 Å². The van der Waals surface area contributed by atoms with Crippen LogP contribution < -0.4 is 0 Å². The minimum atomic E-state index is 0.827. The Bertz CT molecular complexity index is 1360. The number of rotatable bonds is 4. The molecule has 2 heteroatoms. The SMILES string of the molecule is c1ccc(-c2ccc3c(c2)oc2c(-c4cc(CC5CCCC5)ccn4)cccc23)cc1. The van der Waals surface area contributed by atoms with Crippen molar-refractivity contribution in [3.63, 3.8) is 0 Å². The zero-order valence-electron chi connectivity index (χ0n) is 17.6. The molecule has 1 aliphatic carbocycles. The van der Waals surface area contributed by atoms with Crippen molar-refractivity contribution in [2.75, 3.05) is 0 Å². The lowest BCUT2D eigenvalue weighted by Gasteiger charge is -2.10. The first-order valence-corrected chi connectivity index (χ1v) is 11.3. The maximum Gasteiger partial charge on any atom is 0.144 e. The Kier molecular flexibility index (Phi) is 4.57. The van der Waals surface area contributed by atoms with E-state index < -0.39 is 0 Å². The quantitative estimate of drug-likeness (QED) is 0.303. The predicted octanol–water partition coefficient (Wildman–Crippen LogP) is 8.05. The van der Waals surface area contributed by atoms with Crippen molar-refractivity contribution in [3.8, 4) is 22.4 Å². The molecule has 0 spiro atoms. The van der Waals surface area contributed by atoms with Crippen LogP contribution in [-0.4, -0.2) is 4.98 Å². The number of nitrogens with zero attached hydrogens (tertiary/aromatic N) is 1. The molecule has 0 aliphatic heterocycles. The van der Waals surface area contributed by atoms with Crippen LogP contribution in [-0.2, 0) is 6.42 Å². The van der Waals surface area contributed by atoms with Crippen LogP contribution in [0.1, 0.15) is 31.2 Å². The van der Waals surface area contributed by atoms with Crippen molar-refractivity contribution in [1.29, 1.82) is 0 Å². The normalized spacial score (nSPS) is 14.6. The largest absolute Gasteiger partial charge is 0.455 e. The lowest BCUT2D eigenvalue weighted by molar-refractivity contribution is 0.546. The predicted molar refractivity (Wildman–Crippen MR) is 128 cm³/mol. The summed E-state index contributed by atoms with van der Waals surface area (Å²) in [6.07, 6.45) is 8.60. The van der Waals surface area contributed by atoms with Gasteiger partial charge in [-0.1, -0.05) is 74.2 Å². The Labute approximate surface area is 182 Å². The summed E-state index contributed by atoms with van der Waals surface area (Å²) in [7, 11) is 0. The van der Waals surface area contributed by atoms with Gasteiger partial charge < -0.3 is 4.42 Å². The smallest absolute Gasteiger partial charge is 0.144 e. The van der Waals surface area contributed by atoms with Crippen LogP contribution in [0.15, 0.2) is 89.5 Å². The minimum absolute atomic E-state index is 0.827. The maximum atomic E-state index is 6.43. The molecule has 152 valence electrons. The highest BCUT2D eigenvalue weighted by Crippen LogP contribution is 2.37. The Morgan fingerprint density at radius 2 is 1.65 bits per heavy atom. The van der Waals surface area contributed by atoms with E-state index in [0.29, 0.717) is 0 Å². The van der Waals surface area contributed by atoms with Crippen LogP contribution in [0.5, 0.6) is 0 Å². The molecule has 1 saturated carbocycles. The Hall–Kier alpha value is -3.39. The lowest BCUT2D eigenvalue weighted by atomic mass is 9.97. The zero-order valence-corrected chi connectivity index (χ0v) is 17.6. The van der Waals surface area contributed by atoms with Gasteiger partial charge in [0.2, 0.25) is 0 Å². The molecule has 1 fully saturated rings. The van der Waals surface area contributed by atoms with Gasteiger partial charge in [-0.3, -0.25) is 4.98 Å². The highest BCUT2D eigenvalue weighted by Gasteiger charge is 2.17. The minimum Gasteiger partial charge on any atom is -0.455 e. The van der Waals surface area contributed by atoms with E-state index in [1.165, 1.54) is 42.4 Å². The van der Waals surface area contributed by atoms with Crippen molar-refractivity contribution in [3.05, 3.63) is 90.6 Å². The molecule has 31 heavy (non-hydrogen) atoms. The first-order valence-electron chi connectivity index (χ1n) is 11.3. The molecule has 0 saturated heterocycles.